The summed E-state index contributed by atoms with van der Waals surface area (Å²) >= 11 is 0. The van der Waals surface area contributed by atoms with Crippen molar-refractivity contribution in [1.82, 2.24) is 19.8 Å². The number of halogens is 1. The molecule has 6 heteroatoms. The minimum atomic E-state index is -0.315. The lowest BCUT2D eigenvalue weighted by atomic mass is 10.1. The van der Waals surface area contributed by atoms with Gasteiger partial charge in [-0.05, 0) is 61.3 Å². The first kappa shape index (κ1) is 18.4. The SMILES string of the molecule is O=C(NCc1ccccc1CN1CCCC1)c1cncn1-c1ccc(F)cc1. The monoisotopic (exact) mass is 378 g/mol. The Labute approximate surface area is 163 Å². The third-order valence-electron chi connectivity index (χ3n) is 5.13. The van der Waals surface area contributed by atoms with Crippen LogP contribution in [-0.4, -0.2) is 33.4 Å². The average Bonchev–Trinajstić information content (AvgIpc) is 3.40. The Balaban J connectivity index is 1.46. The Hall–Kier alpha value is -2.99. The molecule has 3 aromatic rings. The second-order valence-corrected chi connectivity index (χ2v) is 7.06. The molecule has 2 aromatic carbocycles. The zero-order valence-corrected chi connectivity index (χ0v) is 15.6. The van der Waals surface area contributed by atoms with Crippen LogP contribution in [0, 0.1) is 5.82 Å². The summed E-state index contributed by atoms with van der Waals surface area (Å²) < 4.78 is 14.8. The smallest absolute Gasteiger partial charge is 0.270 e. The van der Waals surface area contributed by atoms with E-state index < -0.39 is 0 Å². The van der Waals surface area contributed by atoms with Crippen molar-refractivity contribution in [2.24, 2.45) is 0 Å². The van der Waals surface area contributed by atoms with E-state index in [4.69, 9.17) is 0 Å². The first-order valence-corrected chi connectivity index (χ1v) is 9.56. The standard InChI is InChI=1S/C22H23FN4O/c23-19-7-9-20(10-8-19)27-16-24-14-21(27)22(28)25-13-17-5-1-2-6-18(17)15-26-11-3-4-12-26/h1-2,5-10,14,16H,3-4,11-13,15H2,(H,25,28). The van der Waals surface area contributed by atoms with E-state index in [2.05, 4.69) is 27.3 Å². The molecule has 0 saturated carbocycles. The van der Waals surface area contributed by atoms with Crippen LogP contribution >= 0.6 is 0 Å². The predicted molar refractivity (Wildman–Crippen MR) is 106 cm³/mol. The van der Waals surface area contributed by atoms with Crippen LogP contribution in [0.1, 0.15) is 34.5 Å². The number of amides is 1. The fourth-order valence-corrected chi connectivity index (χ4v) is 3.60. The lowest BCUT2D eigenvalue weighted by Gasteiger charge is -2.18. The van der Waals surface area contributed by atoms with E-state index in [0.29, 0.717) is 17.9 Å². The van der Waals surface area contributed by atoms with Crippen LogP contribution in [0.5, 0.6) is 0 Å². The number of rotatable bonds is 6. The van der Waals surface area contributed by atoms with Gasteiger partial charge in [0, 0.05) is 18.8 Å². The van der Waals surface area contributed by atoms with Crippen LogP contribution in [0.2, 0.25) is 0 Å². The molecule has 1 amide bonds. The van der Waals surface area contributed by atoms with Crippen molar-refractivity contribution in [3.63, 3.8) is 0 Å². The van der Waals surface area contributed by atoms with E-state index in [1.807, 2.05) is 12.1 Å². The highest BCUT2D eigenvalue weighted by molar-refractivity contribution is 5.93. The van der Waals surface area contributed by atoms with Crippen LogP contribution in [0.15, 0.2) is 61.1 Å². The van der Waals surface area contributed by atoms with Gasteiger partial charge >= 0.3 is 0 Å². The highest BCUT2D eigenvalue weighted by Gasteiger charge is 2.16. The molecule has 2 heterocycles. The van der Waals surface area contributed by atoms with E-state index >= 15 is 0 Å². The topological polar surface area (TPSA) is 50.2 Å². The Morgan fingerprint density at radius 3 is 2.50 bits per heavy atom. The van der Waals surface area contributed by atoms with E-state index in [-0.39, 0.29) is 11.7 Å². The summed E-state index contributed by atoms with van der Waals surface area (Å²) in [5.74, 6) is -0.526. The Bertz CT molecular complexity index is 945. The molecule has 0 atom stereocenters. The Morgan fingerprint density at radius 2 is 1.75 bits per heavy atom. The number of imidazole rings is 1. The molecule has 5 nitrogen and oxygen atoms in total. The molecule has 1 saturated heterocycles. The van der Waals surface area contributed by atoms with Gasteiger partial charge in [0.15, 0.2) is 0 Å². The molecule has 0 bridgehead atoms. The summed E-state index contributed by atoms with van der Waals surface area (Å²) in [4.78, 5) is 19.3. The van der Waals surface area contributed by atoms with Crippen LogP contribution in [0.4, 0.5) is 4.39 Å². The van der Waals surface area contributed by atoms with E-state index in [1.165, 1.54) is 36.7 Å². The zero-order chi connectivity index (χ0) is 19.3. The molecule has 1 aromatic heterocycles. The molecular formula is C22H23FN4O. The maximum atomic E-state index is 13.2. The van der Waals surface area contributed by atoms with Crippen LogP contribution in [0.25, 0.3) is 5.69 Å². The Kier molecular flexibility index (Phi) is 5.48. The highest BCUT2D eigenvalue weighted by Crippen LogP contribution is 2.17. The summed E-state index contributed by atoms with van der Waals surface area (Å²) in [6.45, 7) is 3.64. The third-order valence-corrected chi connectivity index (χ3v) is 5.13. The second-order valence-electron chi connectivity index (χ2n) is 7.06. The van der Waals surface area contributed by atoms with Gasteiger partial charge in [0.25, 0.3) is 5.91 Å². The van der Waals surface area contributed by atoms with Gasteiger partial charge in [-0.3, -0.25) is 14.3 Å². The molecule has 28 heavy (non-hydrogen) atoms. The number of hydrogen-bond donors (Lipinski definition) is 1. The third kappa shape index (κ3) is 4.12. The van der Waals surface area contributed by atoms with Crippen molar-refractivity contribution < 1.29 is 9.18 Å². The molecule has 0 spiro atoms. The summed E-state index contributed by atoms with van der Waals surface area (Å²) in [6, 6.07) is 14.2. The number of aromatic nitrogens is 2. The molecule has 4 rings (SSSR count). The van der Waals surface area contributed by atoms with Gasteiger partial charge in [-0.15, -0.1) is 0 Å². The second kappa shape index (κ2) is 8.35. The van der Waals surface area contributed by atoms with Gasteiger partial charge in [-0.2, -0.15) is 0 Å². The van der Waals surface area contributed by atoms with Gasteiger partial charge in [-0.1, -0.05) is 24.3 Å². The van der Waals surface area contributed by atoms with Gasteiger partial charge in [0.1, 0.15) is 11.5 Å². The van der Waals surface area contributed by atoms with Crippen LogP contribution < -0.4 is 5.32 Å². The number of nitrogens with one attached hydrogen (secondary N) is 1. The number of benzene rings is 2. The number of nitrogens with zero attached hydrogens (tertiary/aromatic N) is 3. The molecule has 0 radical (unpaired) electrons. The molecule has 1 aliphatic heterocycles. The summed E-state index contributed by atoms with van der Waals surface area (Å²) in [5.41, 5.74) is 3.48. The largest absolute Gasteiger partial charge is 0.347 e. The van der Waals surface area contributed by atoms with E-state index in [1.54, 1.807) is 23.0 Å². The van der Waals surface area contributed by atoms with Crippen molar-refractivity contribution >= 4 is 5.91 Å². The fourth-order valence-electron chi connectivity index (χ4n) is 3.60. The molecule has 0 aliphatic carbocycles. The zero-order valence-electron chi connectivity index (χ0n) is 15.6. The van der Waals surface area contributed by atoms with Gasteiger partial charge in [-0.25, -0.2) is 9.37 Å². The quantitative estimate of drug-likeness (QED) is 0.714. The molecular weight excluding hydrogens is 355 g/mol. The lowest BCUT2D eigenvalue weighted by Crippen LogP contribution is -2.26. The molecule has 144 valence electrons. The minimum absolute atomic E-state index is 0.210. The van der Waals surface area contributed by atoms with Crippen molar-refractivity contribution in [1.29, 1.82) is 0 Å². The number of likely N-dealkylation sites (tertiary alicyclic amines) is 1. The normalized spacial score (nSPS) is 14.3. The summed E-state index contributed by atoms with van der Waals surface area (Å²) in [5, 5.41) is 3.00. The van der Waals surface area contributed by atoms with Gasteiger partial charge in [0.2, 0.25) is 0 Å². The Morgan fingerprint density at radius 1 is 1.04 bits per heavy atom. The predicted octanol–water partition coefficient (Wildman–Crippen LogP) is 3.54. The summed E-state index contributed by atoms with van der Waals surface area (Å²) in [7, 11) is 0. The van der Waals surface area contributed by atoms with Crippen LogP contribution in [-0.2, 0) is 13.1 Å². The van der Waals surface area contributed by atoms with Gasteiger partial charge in [0.05, 0.1) is 12.5 Å². The molecule has 1 fully saturated rings. The first-order valence-electron chi connectivity index (χ1n) is 9.56. The number of carbonyl (C=O) groups excluding carboxylic acids is 1. The minimum Gasteiger partial charge on any atom is -0.347 e. The van der Waals surface area contributed by atoms with Crippen molar-refractivity contribution in [3.05, 3.63) is 83.7 Å². The number of hydrogen-bond acceptors (Lipinski definition) is 3. The fraction of sp³-hybridized carbons (Fsp3) is 0.273. The maximum Gasteiger partial charge on any atom is 0.270 e. The summed E-state index contributed by atoms with van der Waals surface area (Å²) in [6.07, 6.45) is 5.59. The first-order chi connectivity index (χ1) is 13.7. The lowest BCUT2D eigenvalue weighted by molar-refractivity contribution is 0.0944. The van der Waals surface area contributed by atoms with Gasteiger partial charge < -0.3 is 5.32 Å². The van der Waals surface area contributed by atoms with E-state index in [9.17, 15) is 9.18 Å². The highest BCUT2D eigenvalue weighted by atomic mass is 19.1. The number of carbonyl (C=O) groups is 1. The maximum absolute atomic E-state index is 13.2. The van der Waals surface area contributed by atoms with Crippen molar-refractivity contribution in [2.45, 2.75) is 25.9 Å². The van der Waals surface area contributed by atoms with Crippen molar-refractivity contribution in [2.75, 3.05) is 13.1 Å². The van der Waals surface area contributed by atoms with Crippen molar-refractivity contribution in [3.8, 4) is 5.69 Å². The molecule has 1 N–H and O–H groups in total. The van der Waals surface area contributed by atoms with E-state index in [0.717, 1.165) is 25.2 Å². The van der Waals surface area contributed by atoms with Crippen LogP contribution in [0.3, 0.4) is 0 Å². The molecule has 1 aliphatic rings. The molecule has 0 unspecified atom stereocenters. The average molecular weight is 378 g/mol.